The molecular formula is C17H17Cl2N5O4S. The Morgan fingerprint density at radius 2 is 2.00 bits per heavy atom. The van der Waals surface area contributed by atoms with E-state index in [9.17, 15) is 15.3 Å². The van der Waals surface area contributed by atoms with Crippen LogP contribution in [-0.4, -0.2) is 59.8 Å². The van der Waals surface area contributed by atoms with Crippen LogP contribution >= 0.6 is 35.0 Å². The van der Waals surface area contributed by atoms with Crippen molar-refractivity contribution in [2.45, 2.75) is 35.3 Å². The fourth-order valence-electron chi connectivity index (χ4n) is 3.09. The van der Waals surface area contributed by atoms with Gasteiger partial charge in [0.1, 0.15) is 28.9 Å². The number of halogens is 2. The molecule has 0 spiro atoms. The lowest BCUT2D eigenvalue weighted by Gasteiger charge is -2.16. The minimum atomic E-state index is -1.26. The van der Waals surface area contributed by atoms with Crippen LogP contribution in [0.5, 0.6) is 0 Å². The van der Waals surface area contributed by atoms with E-state index >= 15 is 0 Å². The van der Waals surface area contributed by atoms with E-state index in [0.717, 1.165) is 5.56 Å². The molecule has 3 aromatic rings. The summed E-state index contributed by atoms with van der Waals surface area (Å²) in [5.74, 6) is 0.526. The molecule has 9 nitrogen and oxygen atoms in total. The summed E-state index contributed by atoms with van der Waals surface area (Å²) in [6.07, 6.45) is -2.94. The Hall–Kier alpha value is -1.66. The fourth-order valence-corrected chi connectivity index (χ4v) is 4.63. The second-order valence-corrected chi connectivity index (χ2v) is 8.27. The van der Waals surface area contributed by atoms with Crippen LogP contribution in [0, 0.1) is 0 Å². The number of aliphatic hydroxyl groups is 3. The number of hydrogen-bond acceptors (Lipinski definition) is 9. The van der Waals surface area contributed by atoms with Crippen molar-refractivity contribution in [3.63, 3.8) is 0 Å². The van der Waals surface area contributed by atoms with E-state index in [4.69, 9.17) is 33.7 Å². The summed E-state index contributed by atoms with van der Waals surface area (Å²) in [6.45, 7) is -0.429. The Kier molecular flexibility index (Phi) is 5.85. The SMILES string of the molecule is Nc1nc(SCc2ccc(Cl)cc2Cl)c2ncn([C@H]3O[C@@H](CO)[C@@H](O)[C@@H]3O)c2n1. The largest absolute Gasteiger partial charge is 0.394 e. The molecule has 2 aromatic heterocycles. The van der Waals surface area contributed by atoms with Crippen LogP contribution < -0.4 is 5.73 Å². The first-order valence-electron chi connectivity index (χ1n) is 8.58. The van der Waals surface area contributed by atoms with Crippen LogP contribution in [0.25, 0.3) is 11.2 Å². The highest BCUT2D eigenvalue weighted by Gasteiger charge is 2.44. The lowest BCUT2D eigenvalue weighted by atomic mass is 10.1. The monoisotopic (exact) mass is 457 g/mol. The maximum Gasteiger partial charge on any atom is 0.223 e. The second-order valence-electron chi connectivity index (χ2n) is 6.46. The summed E-state index contributed by atoms with van der Waals surface area (Å²) < 4.78 is 7.03. The van der Waals surface area contributed by atoms with Crippen LogP contribution in [0.3, 0.4) is 0 Å². The number of anilines is 1. The maximum atomic E-state index is 10.3. The van der Waals surface area contributed by atoms with Gasteiger partial charge in [-0.25, -0.2) is 9.97 Å². The highest BCUT2D eigenvalue weighted by molar-refractivity contribution is 7.98. The third-order valence-electron chi connectivity index (χ3n) is 4.58. The molecule has 154 valence electrons. The Bertz CT molecular complexity index is 1050. The quantitative estimate of drug-likeness (QED) is 0.332. The topological polar surface area (TPSA) is 140 Å². The highest BCUT2D eigenvalue weighted by Crippen LogP contribution is 2.35. The number of nitrogen functional groups attached to an aromatic ring is 1. The number of thioether (sulfide) groups is 1. The summed E-state index contributed by atoms with van der Waals surface area (Å²) in [5, 5.41) is 31.2. The third-order valence-corrected chi connectivity index (χ3v) is 6.18. The van der Waals surface area contributed by atoms with Gasteiger partial charge < -0.3 is 25.8 Å². The molecular weight excluding hydrogens is 441 g/mol. The second kappa shape index (κ2) is 8.23. The molecule has 1 aliphatic heterocycles. The molecule has 1 saturated heterocycles. The summed E-state index contributed by atoms with van der Waals surface area (Å²) in [5.41, 5.74) is 7.55. The molecule has 0 aliphatic carbocycles. The van der Waals surface area contributed by atoms with Crippen molar-refractivity contribution in [1.82, 2.24) is 19.5 Å². The predicted molar refractivity (Wildman–Crippen MR) is 109 cm³/mol. The van der Waals surface area contributed by atoms with Crippen LogP contribution in [0.15, 0.2) is 29.6 Å². The number of benzene rings is 1. The first-order chi connectivity index (χ1) is 13.9. The average molecular weight is 458 g/mol. The molecule has 0 radical (unpaired) electrons. The molecule has 1 fully saturated rings. The van der Waals surface area contributed by atoms with Crippen molar-refractivity contribution in [2.24, 2.45) is 0 Å². The van der Waals surface area contributed by atoms with Gasteiger partial charge >= 0.3 is 0 Å². The van der Waals surface area contributed by atoms with Crippen LogP contribution in [0.4, 0.5) is 5.95 Å². The van der Waals surface area contributed by atoms with Gasteiger partial charge in [0.15, 0.2) is 11.9 Å². The maximum absolute atomic E-state index is 10.3. The summed E-state index contributed by atoms with van der Waals surface area (Å²) in [7, 11) is 0. The van der Waals surface area contributed by atoms with Crippen molar-refractivity contribution in [2.75, 3.05) is 12.3 Å². The molecule has 12 heteroatoms. The minimum Gasteiger partial charge on any atom is -0.394 e. The van der Waals surface area contributed by atoms with E-state index in [2.05, 4.69) is 15.0 Å². The molecule has 1 aliphatic rings. The van der Waals surface area contributed by atoms with Gasteiger partial charge in [-0.3, -0.25) is 4.57 Å². The van der Waals surface area contributed by atoms with Crippen molar-refractivity contribution in [3.05, 3.63) is 40.1 Å². The summed E-state index contributed by atoms with van der Waals surface area (Å²) in [6, 6.07) is 5.25. The van der Waals surface area contributed by atoms with Crippen molar-refractivity contribution >= 4 is 52.1 Å². The Labute approximate surface area is 179 Å². The van der Waals surface area contributed by atoms with E-state index in [1.807, 2.05) is 6.07 Å². The molecule has 0 saturated carbocycles. The lowest BCUT2D eigenvalue weighted by molar-refractivity contribution is -0.0511. The summed E-state index contributed by atoms with van der Waals surface area (Å²) >= 11 is 13.5. The number of imidazole rings is 1. The van der Waals surface area contributed by atoms with Crippen molar-refractivity contribution < 1.29 is 20.1 Å². The number of aliphatic hydroxyl groups excluding tert-OH is 3. The number of rotatable bonds is 5. The predicted octanol–water partition coefficient (Wildman–Crippen LogP) is 1.62. The third kappa shape index (κ3) is 3.89. The average Bonchev–Trinajstić information content (AvgIpc) is 3.22. The molecule has 5 N–H and O–H groups in total. The smallest absolute Gasteiger partial charge is 0.223 e. The van der Waals surface area contributed by atoms with Gasteiger partial charge in [0.05, 0.1) is 12.9 Å². The van der Waals surface area contributed by atoms with E-state index in [1.165, 1.54) is 22.7 Å². The van der Waals surface area contributed by atoms with E-state index in [0.29, 0.717) is 32.0 Å². The Balaban J connectivity index is 1.65. The molecule has 3 heterocycles. The summed E-state index contributed by atoms with van der Waals surface area (Å²) in [4.78, 5) is 12.8. The van der Waals surface area contributed by atoms with Crippen molar-refractivity contribution in [3.8, 4) is 0 Å². The zero-order valence-electron chi connectivity index (χ0n) is 14.8. The number of aromatic nitrogens is 4. The Morgan fingerprint density at radius 3 is 2.69 bits per heavy atom. The molecule has 1 aromatic carbocycles. The number of nitrogens with two attached hydrogens (primary N) is 1. The number of nitrogens with zero attached hydrogens (tertiary/aromatic N) is 4. The van der Waals surface area contributed by atoms with E-state index < -0.39 is 31.1 Å². The van der Waals surface area contributed by atoms with Gasteiger partial charge in [0.25, 0.3) is 0 Å². The van der Waals surface area contributed by atoms with E-state index in [1.54, 1.807) is 12.1 Å². The van der Waals surface area contributed by atoms with Crippen LogP contribution in [-0.2, 0) is 10.5 Å². The van der Waals surface area contributed by atoms with Gasteiger partial charge in [-0.2, -0.15) is 4.98 Å². The van der Waals surface area contributed by atoms with Gasteiger partial charge in [0, 0.05) is 15.8 Å². The van der Waals surface area contributed by atoms with Gasteiger partial charge in [-0.1, -0.05) is 41.0 Å². The van der Waals surface area contributed by atoms with E-state index in [-0.39, 0.29) is 5.95 Å². The fraction of sp³-hybridized carbons (Fsp3) is 0.353. The lowest BCUT2D eigenvalue weighted by Crippen LogP contribution is -2.33. The molecule has 4 atom stereocenters. The molecule has 0 bridgehead atoms. The minimum absolute atomic E-state index is 0.0238. The van der Waals surface area contributed by atoms with Crippen molar-refractivity contribution in [1.29, 1.82) is 0 Å². The first kappa shape index (κ1) is 20.6. The molecule has 0 amide bonds. The van der Waals surface area contributed by atoms with Gasteiger partial charge in [0.2, 0.25) is 5.95 Å². The van der Waals surface area contributed by atoms with Crippen LogP contribution in [0.2, 0.25) is 10.0 Å². The molecule has 4 rings (SSSR count). The van der Waals surface area contributed by atoms with Gasteiger partial charge in [-0.05, 0) is 17.7 Å². The molecule has 0 unspecified atom stereocenters. The zero-order chi connectivity index (χ0) is 20.7. The zero-order valence-corrected chi connectivity index (χ0v) is 17.1. The normalized spacial score (nSPS) is 24.4. The highest BCUT2D eigenvalue weighted by atomic mass is 35.5. The van der Waals surface area contributed by atoms with Gasteiger partial charge in [-0.15, -0.1) is 0 Å². The molecule has 29 heavy (non-hydrogen) atoms. The first-order valence-corrected chi connectivity index (χ1v) is 10.3. The standard InChI is InChI=1S/C17H17Cl2N5O4S/c18-8-2-1-7(9(19)3-8)5-29-15-11-14(22-17(20)23-15)24(6-21-11)16-13(27)12(26)10(4-25)28-16/h1-3,6,10,12-13,16,25-27H,4-5H2,(H2,20,22,23)/t10-,12+,13-,16-/m0/s1. The number of hydrogen-bond donors (Lipinski definition) is 4. The number of fused-ring (bicyclic) bond motifs is 1. The number of ether oxygens (including phenoxy) is 1. The Morgan fingerprint density at radius 1 is 1.21 bits per heavy atom. The van der Waals surface area contributed by atoms with Crippen LogP contribution in [0.1, 0.15) is 11.8 Å².